The second-order valence-electron chi connectivity index (χ2n) is 7.03. The van der Waals surface area contributed by atoms with Crippen LogP contribution in [-0.2, 0) is 21.7 Å². The van der Waals surface area contributed by atoms with Crippen LogP contribution in [-0.4, -0.2) is 12.2 Å². The average Bonchev–Trinajstić information content (AvgIpc) is 2.79. The summed E-state index contributed by atoms with van der Waals surface area (Å²) in [6.07, 6.45) is 0. The molecule has 2 aromatic carbocycles. The van der Waals surface area contributed by atoms with Crippen LogP contribution in [0.15, 0.2) is 53.1 Å². The third-order valence-electron chi connectivity index (χ3n) is 4.59. The molecule has 1 aliphatic rings. The van der Waals surface area contributed by atoms with Gasteiger partial charge in [-0.1, -0.05) is 52.8 Å². The van der Waals surface area contributed by atoms with Crippen LogP contribution >= 0.6 is 0 Å². The fourth-order valence-corrected chi connectivity index (χ4v) is 3.07. The number of hydrogen-bond acceptors (Lipinski definition) is 1. The molecule has 4 heteroatoms. The Bertz CT molecular complexity index is 776. The number of rotatable bonds is 1. The van der Waals surface area contributed by atoms with Crippen LogP contribution in [0.1, 0.15) is 54.0 Å². The van der Waals surface area contributed by atoms with Gasteiger partial charge in [0, 0.05) is 7.11 Å². The van der Waals surface area contributed by atoms with Crippen molar-refractivity contribution in [1.29, 1.82) is 0 Å². The van der Waals surface area contributed by atoms with Gasteiger partial charge in [-0.05, 0) is 26.7 Å². The summed E-state index contributed by atoms with van der Waals surface area (Å²) in [5.74, 6) is 1.93. The first-order valence-electron chi connectivity index (χ1n) is 8.84. The number of hydrogen-bond donors (Lipinski definition) is 1. The molecule has 0 aliphatic heterocycles. The van der Waals surface area contributed by atoms with Crippen molar-refractivity contribution < 1.29 is 51.6 Å². The molecule has 28 heavy (non-hydrogen) atoms. The van der Waals surface area contributed by atoms with E-state index in [1.54, 1.807) is 0 Å². The number of aliphatic hydroxyl groups is 1. The van der Waals surface area contributed by atoms with E-state index in [0.717, 1.165) is 7.11 Å². The topological polar surface area (TPSA) is 20.2 Å². The molecule has 0 heterocycles. The number of fused-ring (bicyclic) bond motifs is 1. The summed E-state index contributed by atoms with van der Waals surface area (Å²) in [7, 11) is 1.00. The van der Waals surface area contributed by atoms with Crippen molar-refractivity contribution in [1.82, 2.24) is 0 Å². The van der Waals surface area contributed by atoms with E-state index in [1.807, 2.05) is 0 Å². The normalized spacial score (nSPS) is 14.9. The molecule has 1 N–H and O–H groups in total. The molecule has 1 aliphatic carbocycles. The van der Waals surface area contributed by atoms with Gasteiger partial charge in [0.15, 0.2) is 0 Å². The van der Waals surface area contributed by atoms with Gasteiger partial charge in [-0.25, -0.2) is 0 Å². The molecule has 2 aromatic rings. The van der Waals surface area contributed by atoms with E-state index in [1.165, 1.54) is 44.5 Å². The van der Waals surface area contributed by atoms with Gasteiger partial charge in [-0.15, -0.1) is 35.2 Å². The Morgan fingerprint density at radius 2 is 1.36 bits per heavy atom. The molecule has 0 aromatic heterocycles. The number of aliphatic hydroxyl groups excluding tert-OH is 1. The minimum absolute atomic E-state index is 0. The number of benzene rings is 2. The Morgan fingerprint density at radius 1 is 0.857 bits per heavy atom. The van der Waals surface area contributed by atoms with Gasteiger partial charge in [-0.3, -0.25) is 0 Å². The van der Waals surface area contributed by atoms with E-state index in [9.17, 15) is 0 Å². The maximum Gasteiger partial charge on any atom is 4.00 e. The van der Waals surface area contributed by atoms with E-state index in [2.05, 4.69) is 90.9 Å². The summed E-state index contributed by atoms with van der Waals surface area (Å²) in [6.45, 7) is 15.3. The summed E-state index contributed by atoms with van der Waals surface area (Å²) in [4.78, 5) is 0. The van der Waals surface area contributed by atoms with Crippen molar-refractivity contribution in [2.45, 2.75) is 48.5 Å². The Labute approximate surface area is 199 Å². The van der Waals surface area contributed by atoms with E-state index in [-0.39, 0.29) is 46.5 Å². The first-order chi connectivity index (χ1) is 11.8. The summed E-state index contributed by atoms with van der Waals surface area (Å²) in [5, 5.41) is 9.46. The first-order valence-corrected chi connectivity index (χ1v) is 8.84. The van der Waals surface area contributed by atoms with Crippen molar-refractivity contribution in [3.05, 3.63) is 70.7 Å². The Kier molecular flexibility index (Phi) is 17.5. The summed E-state index contributed by atoms with van der Waals surface area (Å²) in [6, 6.07) is 16.4. The monoisotopic (exact) mass is 454 g/mol. The number of allylic oxidation sites excluding steroid dienone is 4. The van der Waals surface area contributed by atoms with Crippen molar-refractivity contribution >= 4 is 16.3 Å². The van der Waals surface area contributed by atoms with Crippen molar-refractivity contribution in [2.24, 2.45) is 5.92 Å². The SMILES string of the molecule is CC1=C(C)C(C)C(c2[c-]c3ccccc3cc2)=C1C.CO.C[C-](C)C.[Cl-].[Cl-].[Ti+4]. The molecule has 0 spiro atoms. The predicted molar refractivity (Wildman–Crippen MR) is 111 cm³/mol. The van der Waals surface area contributed by atoms with E-state index in [0.29, 0.717) is 5.92 Å². The van der Waals surface area contributed by atoms with E-state index in [4.69, 9.17) is 5.11 Å². The Hall–Kier alpha value is -0.566. The molecule has 152 valence electrons. The molecule has 0 fully saturated rings. The van der Waals surface area contributed by atoms with Gasteiger partial charge in [0.1, 0.15) is 0 Å². The Balaban J connectivity index is -0.000000624. The average molecular weight is 455 g/mol. The zero-order chi connectivity index (χ0) is 19.1. The standard InChI is InChI=1S/C19H19.C4H9.CH4O.2ClH.Ti/c1-12-13(2)15(4)19(14(12)3)18-10-9-16-7-5-6-8-17(16)11-18;1-4(2)3;1-2;;;/h5-10,14H,1-4H3;1-3H3;2H,1H3;2*1H;/q2*-1;;;;+4/p-2. The molecule has 3 rings (SSSR count). The van der Waals surface area contributed by atoms with Crippen LogP contribution in [0, 0.1) is 17.9 Å². The van der Waals surface area contributed by atoms with Gasteiger partial charge < -0.3 is 35.8 Å². The molecule has 1 atom stereocenters. The second-order valence-corrected chi connectivity index (χ2v) is 7.03. The molecule has 1 unspecified atom stereocenters. The maximum absolute atomic E-state index is 7.00. The van der Waals surface area contributed by atoms with Crippen molar-refractivity contribution in [3.63, 3.8) is 0 Å². The fourth-order valence-electron chi connectivity index (χ4n) is 3.07. The molecule has 0 bridgehead atoms. The third kappa shape index (κ3) is 8.05. The van der Waals surface area contributed by atoms with Gasteiger partial charge in [0.25, 0.3) is 0 Å². The largest absolute Gasteiger partial charge is 4.00 e. The summed E-state index contributed by atoms with van der Waals surface area (Å²) >= 11 is 0. The molecule has 0 amide bonds. The molecular weight excluding hydrogens is 423 g/mol. The smallest absolute Gasteiger partial charge is 1.00 e. The van der Waals surface area contributed by atoms with Crippen LogP contribution in [0.25, 0.3) is 16.3 Å². The van der Waals surface area contributed by atoms with Crippen LogP contribution in [0.2, 0.25) is 0 Å². The molecule has 0 radical (unpaired) electrons. The van der Waals surface area contributed by atoms with E-state index >= 15 is 0 Å². The van der Waals surface area contributed by atoms with Crippen LogP contribution in [0.4, 0.5) is 0 Å². The zero-order valence-corrected chi connectivity index (χ0v) is 21.3. The zero-order valence-electron chi connectivity index (χ0n) is 18.2. The van der Waals surface area contributed by atoms with Gasteiger partial charge in [0.05, 0.1) is 0 Å². The van der Waals surface area contributed by atoms with Gasteiger partial charge in [-0.2, -0.15) is 20.8 Å². The number of halogens is 2. The molecule has 1 nitrogen and oxygen atoms in total. The van der Waals surface area contributed by atoms with Crippen LogP contribution in [0.5, 0.6) is 0 Å². The molecule has 0 saturated carbocycles. The predicted octanol–water partition coefficient (Wildman–Crippen LogP) is 0.634. The second kappa shape index (κ2) is 15.3. The van der Waals surface area contributed by atoms with Crippen molar-refractivity contribution in [2.75, 3.05) is 7.11 Å². The van der Waals surface area contributed by atoms with Crippen LogP contribution in [0.3, 0.4) is 0 Å². The fraction of sp³-hybridized carbons (Fsp3) is 0.375. The molecule has 0 saturated heterocycles. The first kappa shape index (κ1) is 32.1. The quantitative estimate of drug-likeness (QED) is 0.495. The summed E-state index contributed by atoms with van der Waals surface area (Å²) < 4.78 is 0. The van der Waals surface area contributed by atoms with Crippen molar-refractivity contribution in [3.8, 4) is 0 Å². The van der Waals surface area contributed by atoms with Crippen LogP contribution < -0.4 is 24.8 Å². The Morgan fingerprint density at radius 3 is 1.82 bits per heavy atom. The summed E-state index contributed by atoms with van der Waals surface area (Å²) in [5.41, 5.74) is 7.07. The van der Waals surface area contributed by atoms with Gasteiger partial charge >= 0.3 is 21.7 Å². The minimum Gasteiger partial charge on any atom is -1.00 e. The third-order valence-corrected chi connectivity index (χ3v) is 4.59. The van der Waals surface area contributed by atoms with Gasteiger partial charge in [0.2, 0.25) is 0 Å². The maximum atomic E-state index is 7.00. The molecular formula is C24H32Cl2OTi. The minimum atomic E-state index is 0. The van der Waals surface area contributed by atoms with E-state index < -0.39 is 0 Å².